The molecule has 0 aliphatic rings. The highest BCUT2D eigenvalue weighted by Crippen LogP contribution is 2.25. The fraction of sp³-hybridized carbons (Fsp3) is 0.357. The SMILES string of the molecule is CC(Cl)c1nc2ccc(C#N)cc2n1CCOCC(N)=O. The van der Waals surface area contributed by atoms with Crippen LogP contribution in [-0.4, -0.2) is 28.7 Å². The number of rotatable bonds is 6. The van der Waals surface area contributed by atoms with Crippen molar-refractivity contribution in [2.45, 2.75) is 18.8 Å². The molecule has 0 spiro atoms. The maximum atomic E-state index is 10.7. The molecule has 2 rings (SSSR count). The van der Waals surface area contributed by atoms with Crippen molar-refractivity contribution in [1.29, 1.82) is 5.26 Å². The number of hydrogen-bond acceptors (Lipinski definition) is 4. The molecule has 0 bridgehead atoms. The third-order valence-corrected chi connectivity index (χ3v) is 3.16. The van der Waals surface area contributed by atoms with Gasteiger partial charge in [-0.05, 0) is 25.1 Å². The topological polar surface area (TPSA) is 93.9 Å². The van der Waals surface area contributed by atoms with Crippen LogP contribution in [0.5, 0.6) is 0 Å². The Morgan fingerprint density at radius 1 is 1.62 bits per heavy atom. The number of halogens is 1. The average molecular weight is 307 g/mol. The molecule has 1 heterocycles. The smallest absolute Gasteiger partial charge is 0.243 e. The number of nitrogens with two attached hydrogens (primary N) is 1. The minimum atomic E-state index is -0.511. The summed E-state index contributed by atoms with van der Waals surface area (Å²) >= 11 is 6.15. The number of fused-ring (bicyclic) bond motifs is 1. The second-order valence-electron chi connectivity index (χ2n) is 4.57. The standard InChI is InChI=1S/C14H15ClN4O2/c1-9(15)14-18-11-3-2-10(7-16)6-12(11)19(14)4-5-21-8-13(17)20/h2-3,6,9H,4-5,8H2,1H3,(H2,17,20). The predicted octanol–water partition coefficient (Wildman–Crippen LogP) is 1.71. The Morgan fingerprint density at radius 2 is 2.38 bits per heavy atom. The van der Waals surface area contributed by atoms with Crippen LogP contribution in [0.4, 0.5) is 0 Å². The first-order chi connectivity index (χ1) is 10.0. The van der Waals surface area contributed by atoms with Crippen LogP contribution in [0.3, 0.4) is 0 Å². The van der Waals surface area contributed by atoms with Gasteiger partial charge in [-0.25, -0.2) is 4.98 Å². The summed E-state index contributed by atoms with van der Waals surface area (Å²) in [5.74, 6) is 0.188. The zero-order valence-electron chi connectivity index (χ0n) is 11.5. The summed E-state index contributed by atoms with van der Waals surface area (Å²) in [7, 11) is 0. The summed E-state index contributed by atoms with van der Waals surface area (Å²) in [5, 5.41) is 8.72. The van der Waals surface area contributed by atoms with Gasteiger partial charge in [-0.2, -0.15) is 5.26 Å². The van der Waals surface area contributed by atoms with Crippen molar-refractivity contribution in [1.82, 2.24) is 9.55 Å². The Morgan fingerprint density at radius 3 is 3.00 bits per heavy atom. The Labute approximate surface area is 127 Å². The summed E-state index contributed by atoms with van der Waals surface area (Å²) in [6.45, 7) is 2.49. The highest BCUT2D eigenvalue weighted by Gasteiger charge is 2.15. The van der Waals surface area contributed by atoms with Gasteiger partial charge in [-0.3, -0.25) is 4.79 Å². The first-order valence-corrected chi connectivity index (χ1v) is 6.87. The van der Waals surface area contributed by atoms with Gasteiger partial charge in [0.25, 0.3) is 0 Å². The van der Waals surface area contributed by atoms with E-state index in [1.165, 1.54) is 0 Å². The van der Waals surface area contributed by atoms with Crippen LogP contribution in [0, 0.1) is 11.3 Å². The number of nitrogens with zero attached hydrogens (tertiary/aromatic N) is 3. The van der Waals surface area contributed by atoms with Crippen molar-refractivity contribution in [2.24, 2.45) is 5.73 Å². The van der Waals surface area contributed by atoms with E-state index in [4.69, 9.17) is 27.3 Å². The van der Waals surface area contributed by atoms with Gasteiger partial charge < -0.3 is 15.0 Å². The number of nitriles is 1. The average Bonchev–Trinajstić information content (AvgIpc) is 2.81. The van der Waals surface area contributed by atoms with Crippen molar-refractivity contribution >= 4 is 28.5 Å². The number of imidazole rings is 1. The fourth-order valence-electron chi connectivity index (χ4n) is 2.08. The molecular formula is C14H15ClN4O2. The maximum Gasteiger partial charge on any atom is 0.243 e. The number of primary amides is 1. The zero-order valence-corrected chi connectivity index (χ0v) is 12.3. The summed E-state index contributed by atoms with van der Waals surface area (Å²) in [5.41, 5.74) is 7.16. The molecule has 1 aromatic heterocycles. The van der Waals surface area contributed by atoms with E-state index in [0.29, 0.717) is 24.5 Å². The molecule has 0 saturated heterocycles. The number of hydrogen-bond donors (Lipinski definition) is 1. The number of aromatic nitrogens is 2. The molecule has 0 fully saturated rings. The van der Waals surface area contributed by atoms with E-state index in [1.807, 2.05) is 11.5 Å². The number of carbonyl (C=O) groups is 1. The third-order valence-electron chi connectivity index (χ3n) is 2.97. The number of benzene rings is 1. The molecule has 110 valence electrons. The highest BCUT2D eigenvalue weighted by atomic mass is 35.5. The van der Waals surface area contributed by atoms with E-state index in [0.717, 1.165) is 11.0 Å². The molecule has 1 amide bonds. The van der Waals surface area contributed by atoms with Gasteiger partial charge in [0.05, 0.1) is 34.7 Å². The number of alkyl halides is 1. The van der Waals surface area contributed by atoms with E-state index < -0.39 is 5.91 Å². The predicted molar refractivity (Wildman–Crippen MR) is 78.7 cm³/mol. The van der Waals surface area contributed by atoms with Crippen molar-refractivity contribution in [3.63, 3.8) is 0 Å². The first kappa shape index (κ1) is 15.3. The Kier molecular flexibility index (Phi) is 4.78. The Bertz CT molecular complexity index is 703. The maximum absolute atomic E-state index is 10.7. The van der Waals surface area contributed by atoms with Gasteiger partial charge in [0.1, 0.15) is 12.4 Å². The van der Waals surface area contributed by atoms with Crippen molar-refractivity contribution in [3.05, 3.63) is 29.6 Å². The monoisotopic (exact) mass is 306 g/mol. The summed E-state index contributed by atoms with van der Waals surface area (Å²) in [6.07, 6.45) is 0. The first-order valence-electron chi connectivity index (χ1n) is 6.43. The van der Waals surface area contributed by atoms with Gasteiger partial charge in [0.15, 0.2) is 0 Å². The number of carbonyl (C=O) groups excluding carboxylic acids is 1. The van der Waals surface area contributed by atoms with Crippen molar-refractivity contribution in [3.8, 4) is 6.07 Å². The molecule has 1 atom stereocenters. The van der Waals surface area contributed by atoms with Crippen LogP contribution in [0.2, 0.25) is 0 Å². The van der Waals surface area contributed by atoms with Crippen LogP contribution in [0.25, 0.3) is 11.0 Å². The lowest BCUT2D eigenvalue weighted by atomic mass is 10.2. The third kappa shape index (κ3) is 3.51. The number of amides is 1. The van der Waals surface area contributed by atoms with Crippen molar-refractivity contribution < 1.29 is 9.53 Å². The molecule has 0 radical (unpaired) electrons. The summed E-state index contributed by atoms with van der Waals surface area (Å²) < 4.78 is 7.08. The minimum Gasteiger partial charge on any atom is -0.370 e. The molecule has 0 aliphatic heterocycles. The molecule has 1 aromatic carbocycles. The molecule has 0 aliphatic carbocycles. The number of ether oxygens (including phenoxy) is 1. The molecule has 2 aromatic rings. The van der Waals surface area contributed by atoms with E-state index in [1.54, 1.807) is 18.2 Å². The van der Waals surface area contributed by atoms with E-state index in [-0.39, 0.29) is 12.0 Å². The van der Waals surface area contributed by atoms with Gasteiger partial charge in [0.2, 0.25) is 5.91 Å². The van der Waals surface area contributed by atoms with Crippen LogP contribution >= 0.6 is 11.6 Å². The largest absolute Gasteiger partial charge is 0.370 e. The lowest BCUT2D eigenvalue weighted by Gasteiger charge is -2.10. The van der Waals surface area contributed by atoms with Crippen molar-refractivity contribution in [2.75, 3.05) is 13.2 Å². The van der Waals surface area contributed by atoms with Gasteiger partial charge in [-0.1, -0.05) is 0 Å². The molecule has 0 saturated carbocycles. The van der Waals surface area contributed by atoms with Crippen LogP contribution < -0.4 is 5.73 Å². The second kappa shape index (κ2) is 6.57. The van der Waals surface area contributed by atoms with E-state index >= 15 is 0 Å². The molecular weight excluding hydrogens is 292 g/mol. The Balaban J connectivity index is 2.31. The molecule has 7 heteroatoms. The second-order valence-corrected chi connectivity index (χ2v) is 5.23. The fourth-order valence-corrected chi connectivity index (χ4v) is 2.24. The highest BCUT2D eigenvalue weighted by molar-refractivity contribution is 6.20. The lowest BCUT2D eigenvalue weighted by Crippen LogP contribution is -2.20. The zero-order chi connectivity index (χ0) is 15.4. The molecule has 2 N–H and O–H groups in total. The summed E-state index contributed by atoms with van der Waals surface area (Å²) in [6, 6.07) is 7.37. The molecule has 1 unspecified atom stereocenters. The van der Waals surface area contributed by atoms with Crippen LogP contribution in [0.1, 0.15) is 23.7 Å². The minimum absolute atomic E-state index is 0.123. The van der Waals surface area contributed by atoms with Crippen LogP contribution in [0.15, 0.2) is 18.2 Å². The van der Waals surface area contributed by atoms with Gasteiger partial charge >= 0.3 is 0 Å². The lowest BCUT2D eigenvalue weighted by molar-refractivity contribution is -0.122. The quantitative estimate of drug-likeness (QED) is 0.649. The normalized spacial score (nSPS) is 12.2. The summed E-state index contributed by atoms with van der Waals surface area (Å²) in [4.78, 5) is 15.1. The molecule has 21 heavy (non-hydrogen) atoms. The van der Waals surface area contributed by atoms with Gasteiger partial charge in [0, 0.05) is 6.54 Å². The van der Waals surface area contributed by atoms with Crippen LogP contribution in [-0.2, 0) is 16.1 Å². The van der Waals surface area contributed by atoms with E-state index in [9.17, 15) is 4.79 Å². The molecule has 6 nitrogen and oxygen atoms in total. The Hall–Kier alpha value is -2.10. The van der Waals surface area contributed by atoms with E-state index in [2.05, 4.69) is 11.1 Å². The van der Waals surface area contributed by atoms with Gasteiger partial charge in [-0.15, -0.1) is 11.6 Å².